The van der Waals surface area contributed by atoms with Crippen molar-refractivity contribution >= 4 is 59.8 Å². The van der Waals surface area contributed by atoms with E-state index >= 15 is 0 Å². The van der Waals surface area contributed by atoms with Gasteiger partial charge in [-0.05, 0) is 29.8 Å². The van der Waals surface area contributed by atoms with Crippen molar-refractivity contribution in [3.8, 4) is 11.1 Å². The summed E-state index contributed by atoms with van der Waals surface area (Å²) in [6.45, 7) is 0. The van der Waals surface area contributed by atoms with Crippen molar-refractivity contribution in [2.75, 3.05) is 0 Å². The maximum atomic E-state index is 13.3. The molecule has 0 fully saturated rings. The summed E-state index contributed by atoms with van der Waals surface area (Å²) in [5, 5.41) is 2.33. The van der Waals surface area contributed by atoms with Crippen LogP contribution in [-0.4, -0.2) is 9.97 Å². The number of fused-ring (bicyclic) bond motifs is 6. The zero-order chi connectivity index (χ0) is 19.5. The molecule has 0 aliphatic heterocycles. The van der Waals surface area contributed by atoms with Crippen LogP contribution in [0.15, 0.2) is 86.5 Å². The third kappa shape index (κ3) is 2.37. The normalized spacial score (nSPS) is 11.8. The van der Waals surface area contributed by atoms with Crippen molar-refractivity contribution in [1.29, 1.82) is 0 Å². The van der Waals surface area contributed by atoms with E-state index < -0.39 is 0 Å². The zero-order valence-corrected chi connectivity index (χ0v) is 16.7. The number of rotatable bonds is 1. The average Bonchev–Trinajstić information content (AvgIpc) is 3.11. The second kappa shape index (κ2) is 6.03. The molecule has 0 spiro atoms. The van der Waals surface area contributed by atoms with Crippen molar-refractivity contribution in [2.24, 2.45) is 0 Å². The molecule has 0 atom stereocenters. The van der Waals surface area contributed by atoms with Gasteiger partial charge in [0, 0.05) is 20.8 Å². The van der Waals surface area contributed by atoms with Crippen LogP contribution in [0, 0.1) is 0 Å². The largest absolute Gasteiger partial charge is 0.452 e. The highest BCUT2D eigenvalue weighted by atomic mass is 79.9. The quantitative estimate of drug-likeness (QED) is 0.300. The van der Waals surface area contributed by atoms with Gasteiger partial charge < -0.3 is 9.40 Å². The summed E-state index contributed by atoms with van der Waals surface area (Å²) in [4.78, 5) is 21.2. The third-order valence-corrected chi connectivity index (χ3v) is 5.78. The third-order valence-electron chi connectivity index (χ3n) is 5.29. The Kier molecular flexibility index (Phi) is 3.43. The lowest BCUT2D eigenvalue weighted by Gasteiger charge is -2.10. The second-order valence-electron chi connectivity index (χ2n) is 6.99. The molecule has 0 bridgehead atoms. The minimum atomic E-state index is -0.174. The van der Waals surface area contributed by atoms with Crippen LogP contribution in [0.5, 0.6) is 0 Å². The first-order valence-corrected chi connectivity index (χ1v) is 10.0. The van der Waals surface area contributed by atoms with Gasteiger partial charge in [0.2, 0.25) is 0 Å². The summed E-state index contributed by atoms with van der Waals surface area (Å²) >= 11 is 3.50. The van der Waals surface area contributed by atoms with Crippen LogP contribution >= 0.6 is 15.9 Å². The SMILES string of the molecule is O=c1[nH]c2c3cc(Br)ccc3oc2c2nc3ccccc3c(-c3ccccc3)c12. The van der Waals surface area contributed by atoms with E-state index in [1.807, 2.05) is 72.8 Å². The highest BCUT2D eigenvalue weighted by molar-refractivity contribution is 9.10. The van der Waals surface area contributed by atoms with E-state index in [-0.39, 0.29) is 5.56 Å². The Morgan fingerprint density at radius 2 is 1.69 bits per heavy atom. The highest BCUT2D eigenvalue weighted by Gasteiger charge is 2.20. The van der Waals surface area contributed by atoms with E-state index in [0.29, 0.717) is 27.6 Å². The lowest BCUT2D eigenvalue weighted by atomic mass is 9.96. The smallest absolute Gasteiger partial charge is 0.258 e. The molecule has 3 aromatic carbocycles. The number of para-hydroxylation sites is 1. The van der Waals surface area contributed by atoms with Crippen LogP contribution < -0.4 is 5.56 Å². The van der Waals surface area contributed by atoms with Crippen LogP contribution in [0.1, 0.15) is 0 Å². The van der Waals surface area contributed by atoms with Crippen LogP contribution in [-0.2, 0) is 0 Å². The molecule has 6 aromatic rings. The monoisotopic (exact) mass is 440 g/mol. The van der Waals surface area contributed by atoms with Gasteiger partial charge in [0.15, 0.2) is 5.58 Å². The maximum Gasteiger partial charge on any atom is 0.258 e. The van der Waals surface area contributed by atoms with Gasteiger partial charge in [-0.3, -0.25) is 4.79 Å². The van der Waals surface area contributed by atoms with Gasteiger partial charge in [0.25, 0.3) is 5.56 Å². The molecule has 5 heteroatoms. The summed E-state index contributed by atoms with van der Waals surface area (Å²) in [6, 6.07) is 23.6. The maximum absolute atomic E-state index is 13.3. The number of hydrogen-bond donors (Lipinski definition) is 1. The van der Waals surface area contributed by atoms with Crippen LogP contribution in [0.3, 0.4) is 0 Å². The Bertz CT molecular complexity index is 1630. The standard InChI is InChI=1S/C24H13BrN2O2/c25-14-10-11-18-16(12-14)21-23(29-18)22-20(24(28)27-21)19(13-6-2-1-3-7-13)15-8-4-5-9-17(15)26-22/h1-12H,(H,27,28). The molecule has 29 heavy (non-hydrogen) atoms. The molecule has 0 saturated heterocycles. The fourth-order valence-electron chi connectivity index (χ4n) is 4.04. The van der Waals surface area contributed by atoms with Crippen LogP contribution in [0.2, 0.25) is 0 Å². The van der Waals surface area contributed by atoms with Gasteiger partial charge in [0.05, 0.1) is 16.4 Å². The molecule has 6 rings (SSSR count). The number of halogens is 1. The molecule has 0 aliphatic rings. The topological polar surface area (TPSA) is 58.9 Å². The molecule has 138 valence electrons. The fraction of sp³-hybridized carbons (Fsp3) is 0. The van der Waals surface area contributed by atoms with Gasteiger partial charge in [-0.15, -0.1) is 0 Å². The van der Waals surface area contributed by atoms with Gasteiger partial charge >= 0.3 is 0 Å². The molecule has 3 aromatic heterocycles. The first-order valence-electron chi connectivity index (χ1n) is 9.22. The van der Waals surface area contributed by atoms with Crippen molar-refractivity contribution in [1.82, 2.24) is 9.97 Å². The predicted molar refractivity (Wildman–Crippen MR) is 120 cm³/mol. The number of aromatic nitrogens is 2. The zero-order valence-electron chi connectivity index (χ0n) is 15.1. The Balaban J connectivity index is 1.91. The van der Waals surface area contributed by atoms with Gasteiger partial charge in [0.1, 0.15) is 11.1 Å². The highest BCUT2D eigenvalue weighted by Crippen LogP contribution is 2.37. The van der Waals surface area contributed by atoms with Crippen LogP contribution in [0.25, 0.3) is 55.0 Å². The minimum absolute atomic E-state index is 0.174. The van der Waals surface area contributed by atoms with E-state index in [2.05, 4.69) is 20.9 Å². The summed E-state index contributed by atoms with van der Waals surface area (Å²) in [5.41, 5.74) is 5.04. The van der Waals surface area contributed by atoms with E-state index in [0.717, 1.165) is 31.9 Å². The Hall–Kier alpha value is -3.44. The summed E-state index contributed by atoms with van der Waals surface area (Å²) in [6.07, 6.45) is 0. The van der Waals surface area contributed by atoms with Crippen molar-refractivity contribution in [2.45, 2.75) is 0 Å². The summed E-state index contributed by atoms with van der Waals surface area (Å²) in [5.74, 6) is 0. The van der Waals surface area contributed by atoms with E-state index in [1.54, 1.807) is 0 Å². The number of pyridine rings is 2. The first kappa shape index (κ1) is 16.5. The lowest BCUT2D eigenvalue weighted by molar-refractivity contribution is 0.671. The number of hydrogen-bond acceptors (Lipinski definition) is 3. The molecular weight excluding hydrogens is 428 g/mol. The molecule has 3 heterocycles. The van der Waals surface area contributed by atoms with Gasteiger partial charge in [-0.1, -0.05) is 64.5 Å². The van der Waals surface area contributed by atoms with E-state index in [9.17, 15) is 4.79 Å². The number of nitrogens with one attached hydrogen (secondary N) is 1. The number of nitrogens with zero attached hydrogens (tertiary/aromatic N) is 1. The Morgan fingerprint density at radius 3 is 2.55 bits per heavy atom. The lowest BCUT2D eigenvalue weighted by Crippen LogP contribution is -2.08. The Labute approximate surface area is 172 Å². The van der Waals surface area contributed by atoms with Crippen molar-refractivity contribution in [3.63, 3.8) is 0 Å². The molecular formula is C24H13BrN2O2. The van der Waals surface area contributed by atoms with Gasteiger partial charge in [-0.2, -0.15) is 0 Å². The number of benzene rings is 3. The predicted octanol–water partition coefficient (Wildman–Crippen LogP) is 6.41. The van der Waals surface area contributed by atoms with E-state index in [1.165, 1.54) is 0 Å². The van der Waals surface area contributed by atoms with E-state index in [4.69, 9.17) is 9.40 Å². The molecule has 4 nitrogen and oxygen atoms in total. The molecule has 0 radical (unpaired) electrons. The molecule has 0 amide bonds. The van der Waals surface area contributed by atoms with Crippen molar-refractivity contribution in [3.05, 3.63) is 87.6 Å². The molecule has 0 aliphatic carbocycles. The summed E-state index contributed by atoms with van der Waals surface area (Å²) in [7, 11) is 0. The molecule has 0 saturated carbocycles. The second-order valence-corrected chi connectivity index (χ2v) is 7.91. The van der Waals surface area contributed by atoms with Gasteiger partial charge in [-0.25, -0.2) is 4.98 Å². The Morgan fingerprint density at radius 1 is 0.897 bits per heavy atom. The number of aromatic amines is 1. The minimum Gasteiger partial charge on any atom is -0.452 e. The molecule has 0 unspecified atom stereocenters. The molecule has 1 N–H and O–H groups in total. The number of furan rings is 1. The number of H-pyrrole nitrogens is 1. The van der Waals surface area contributed by atoms with Crippen LogP contribution in [0.4, 0.5) is 0 Å². The fourth-order valence-corrected chi connectivity index (χ4v) is 4.40. The summed E-state index contributed by atoms with van der Waals surface area (Å²) < 4.78 is 7.08. The van der Waals surface area contributed by atoms with Crippen molar-refractivity contribution < 1.29 is 4.42 Å². The average molecular weight is 441 g/mol. The first-order chi connectivity index (χ1) is 14.2.